The summed E-state index contributed by atoms with van der Waals surface area (Å²) in [5.74, 6) is -0.739. The number of rotatable bonds is 2. The van der Waals surface area contributed by atoms with Gasteiger partial charge >= 0.3 is 17.6 Å². The maximum atomic E-state index is 12.4. The molecular weight excluding hydrogens is 320 g/mol. The van der Waals surface area contributed by atoms with E-state index in [9.17, 15) is 14.4 Å². The molecule has 1 fully saturated rings. The van der Waals surface area contributed by atoms with Gasteiger partial charge in [0.1, 0.15) is 10.6 Å². The summed E-state index contributed by atoms with van der Waals surface area (Å²) in [6.45, 7) is 1.52. The molecule has 0 aliphatic carbocycles. The van der Waals surface area contributed by atoms with Crippen molar-refractivity contribution in [3.8, 4) is 0 Å². The fourth-order valence-corrected chi connectivity index (χ4v) is 3.52. The van der Waals surface area contributed by atoms with Gasteiger partial charge in [-0.2, -0.15) is 0 Å². The molecule has 1 aliphatic heterocycles. The van der Waals surface area contributed by atoms with Crippen LogP contribution in [0.15, 0.2) is 21.3 Å². The van der Waals surface area contributed by atoms with Crippen LogP contribution in [0.5, 0.6) is 0 Å². The number of carbonyl (C=O) groups is 2. The van der Waals surface area contributed by atoms with E-state index in [1.165, 1.54) is 29.4 Å². The third kappa shape index (κ3) is 2.81. The van der Waals surface area contributed by atoms with Crippen molar-refractivity contribution in [2.75, 3.05) is 32.1 Å². The molecule has 8 heteroatoms. The van der Waals surface area contributed by atoms with Crippen molar-refractivity contribution in [1.29, 1.82) is 0 Å². The highest BCUT2D eigenvalue weighted by Gasteiger charge is 2.24. The second-order valence-electron chi connectivity index (χ2n) is 5.29. The zero-order valence-electron chi connectivity index (χ0n) is 12.8. The van der Waals surface area contributed by atoms with Crippen LogP contribution in [0.2, 0.25) is 0 Å². The molecule has 3 rings (SSSR count). The lowest BCUT2D eigenvalue weighted by Crippen LogP contribution is -2.39. The zero-order chi connectivity index (χ0) is 16.6. The molecule has 7 nitrogen and oxygen atoms in total. The highest BCUT2D eigenvalue weighted by atomic mass is 32.1. The van der Waals surface area contributed by atoms with E-state index in [0.717, 1.165) is 25.9 Å². The molecule has 0 spiro atoms. The standard InChI is InChI=1S/C15H16N2O5S/c1-16(15(20)17-5-3-4-6-17)12-8-10-11(23-12)7-9(13(18)21-2)14(19)22-10/h7-8H,3-6H2,1-2H3. The van der Waals surface area contributed by atoms with Gasteiger partial charge in [0.15, 0.2) is 5.58 Å². The van der Waals surface area contributed by atoms with Crippen LogP contribution in [0.4, 0.5) is 9.80 Å². The first kappa shape index (κ1) is 15.5. The number of amides is 2. The third-order valence-corrected chi connectivity index (χ3v) is 4.95. The monoisotopic (exact) mass is 336 g/mol. The summed E-state index contributed by atoms with van der Waals surface area (Å²) in [6, 6.07) is 3.00. The molecule has 2 amide bonds. The summed E-state index contributed by atoms with van der Waals surface area (Å²) >= 11 is 1.28. The average molecular weight is 336 g/mol. The highest BCUT2D eigenvalue weighted by Crippen LogP contribution is 2.32. The van der Waals surface area contributed by atoms with Crippen molar-refractivity contribution in [3.05, 3.63) is 28.1 Å². The summed E-state index contributed by atoms with van der Waals surface area (Å²) in [5, 5.41) is 0.655. The minimum absolute atomic E-state index is 0.0791. The van der Waals surface area contributed by atoms with Gasteiger partial charge < -0.3 is 14.1 Å². The van der Waals surface area contributed by atoms with Crippen molar-refractivity contribution in [2.45, 2.75) is 12.8 Å². The topological polar surface area (TPSA) is 80.1 Å². The second kappa shape index (κ2) is 6.04. The fourth-order valence-electron chi connectivity index (χ4n) is 2.53. The Morgan fingerprint density at radius 1 is 1.30 bits per heavy atom. The summed E-state index contributed by atoms with van der Waals surface area (Å²) in [4.78, 5) is 39.1. The van der Waals surface area contributed by atoms with E-state index in [1.54, 1.807) is 18.0 Å². The van der Waals surface area contributed by atoms with E-state index in [4.69, 9.17) is 4.42 Å². The molecule has 2 aromatic rings. The van der Waals surface area contributed by atoms with Crippen LogP contribution >= 0.6 is 11.3 Å². The quantitative estimate of drug-likeness (QED) is 0.786. The molecule has 122 valence electrons. The molecule has 0 saturated carbocycles. The number of nitrogens with zero attached hydrogens (tertiary/aromatic N) is 2. The Balaban J connectivity index is 1.94. The number of likely N-dealkylation sites (tertiary alicyclic amines) is 1. The van der Waals surface area contributed by atoms with Crippen LogP contribution in [0.25, 0.3) is 10.3 Å². The maximum absolute atomic E-state index is 12.4. The van der Waals surface area contributed by atoms with Crippen molar-refractivity contribution in [1.82, 2.24) is 4.90 Å². The second-order valence-corrected chi connectivity index (χ2v) is 6.35. The summed E-state index contributed by atoms with van der Waals surface area (Å²) < 4.78 is 10.3. The van der Waals surface area contributed by atoms with E-state index in [2.05, 4.69) is 4.74 Å². The Morgan fingerprint density at radius 3 is 2.65 bits per heavy atom. The molecule has 1 saturated heterocycles. The highest BCUT2D eigenvalue weighted by molar-refractivity contribution is 7.22. The SMILES string of the molecule is COC(=O)c1cc2sc(N(C)C(=O)N3CCCC3)cc2oc1=O. The number of fused-ring (bicyclic) bond motifs is 1. The Hall–Kier alpha value is -2.35. The van der Waals surface area contributed by atoms with Gasteiger partial charge in [-0.25, -0.2) is 14.4 Å². The van der Waals surface area contributed by atoms with E-state index < -0.39 is 11.6 Å². The van der Waals surface area contributed by atoms with Gasteiger partial charge in [0.2, 0.25) is 0 Å². The largest absolute Gasteiger partial charge is 0.465 e. The number of carbonyl (C=O) groups excluding carboxylic acids is 2. The first-order valence-electron chi connectivity index (χ1n) is 7.20. The van der Waals surface area contributed by atoms with E-state index >= 15 is 0 Å². The maximum Gasteiger partial charge on any atom is 0.351 e. The van der Waals surface area contributed by atoms with Gasteiger partial charge in [0.05, 0.1) is 11.8 Å². The van der Waals surface area contributed by atoms with Crippen LogP contribution in [0, 0.1) is 0 Å². The van der Waals surface area contributed by atoms with Gasteiger partial charge in [-0.3, -0.25) is 4.90 Å². The Labute approximate surface area is 136 Å². The van der Waals surface area contributed by atoms with Gasteiger partial charge in [0.25, 0.3) is 0 Å². The van der Waals surface area contributed by atoms with Crippen molar-refractivity contribution < 1.29 is 18.7 Å². The first-order valence-corrected chi connectivity index (χ1v) is 8.01. The summed E-state index contributed by atoms with van der Waals surface area (Å²) in [5.41, 5.74) is -0.548. The van der Waals surface area contributed by atoms with Crippen LogP contribution in [-0.2, 0) is 4.74 Å². The average Bonchev–Trinajstić information content (AvgIpc) is 3.20. The van der Waals surface area contributed by atoms with Gasteiger partial charge in [-0.05, 0) is 18.9 Å². The first-order chi connectivity index (χ1) is 11.0. The number of urea groups is 1. The number of thiophene rings is 1. The number of hydrogen-bond donors (Lipinski definition) is 0. The lowest BCUT2D eigenvalue weighted by Gasteiger charge is -2.22. The number of ether oxygens (including phenoxy) is 1. The Kier molecular flexibility index (Phi) is 4.08. The van der Waals surface area contributed by atoms with E-state index in [-0.39, 0.29) is 11.6 Å². The minimum atomic E-state index is -0.748. The third-order valence-electron chi connectivity index (χ3n) is 3.81. The van der Waals surface area contributed by atoms with Gasteiger partial charge in [0, 0.05) is 26.2 Å². The predicted octanol–water partition coefficient (Wildman–Crippen LogP) is 2.29. The number of anilines is 1. The van der Waals surface area contributed by atoms with Crippen LogP contribution < -0.4 is 10.5 Å². The molecule has 23 heavy (non-hydrogen) atoms. The van der Waals surface area contributed by atoms with Gasteiger partial charge in [-0.15, -0.1) is 11.3 Å². The van der Waals surface area contributed by atoms with E-state index in [0.29, 0.717) is 15.3 Å². The van der Waals surface area contributed by atoms with Crippen molar-refractivity contribution in [3.63, 3.8) is 0 Å². The molecule has 1 aliphatic rings. The molecule has 0 unspecified atom stereocenters. The molecule has 0 bridgehead atoms. The number of esters is 1. The smallest absolute Gasteiger partial charge is 0.351 e. The molecule has 0 N–H and O–H groups in total. The van der Waals surface area contributed by atoms with Crippen molar-refractivity contribution in [2.24, 2.45) is 0 Å². The van der Waals surface area contributed by atoms with Crippen LogP contribution in [-0.4, -0.2) is 44.1 Å². The zero-order valence-corrected chi connectivity index (χ0v) is 13.6. The normalized spacial score (nSPS) is 14.3. The Bertz CT molecular complexity index is 819. The van der Waals surface area contributed by atoms with Crippen LogP contribution in [0.3, 0.4) is 0 Å². The molecule has 2 aromatic heterocycles. The van der Waals surface area contributed by atoms with Gasteiger partial charge in [-0.1, -0.05) is 0 Å². The molecule has 0 atom stereocenters. The summed E-state index contributed by atoms with van der Waals surface area (Å²) in [7, 11) is 2.89. The number of hydrogen-bond acceptors (Lipinski definition) is 6. The Morgan fingerprint density at radius 2 is 2.00 bits per heavy atom. The summed E-state index contributed by atoms with van der Waals surface area (Å²) in [6.07, 6.45) is 2.03. The predicted molar refractivity (Wildman–Crippen MR) is 86.3 cm³/mol. The minimum Gasteiger partial charge on any atom is -0.465 e. The van der Waals surface area contributed by atoms with Crippen molar-refractivity contribution >= 4 is 38.6 Å². The lowest BCUT2D eigenvalue weighted by molar-refractivity contribution is 0.0596. The lowest BCUT2D eigenvalue weighted by atomic mass is 10.3. The molecule has 0 aromatic carbocycles. The van der Waals surface area contributed by atoms with Crippen LogP contribution in [0.1, 0.15) is 23.2 Å². The molecule has 0 radical (unpaired) electrons. The fraction of sp³-hybridized carbons (Fsp3) is 0.400. The molecule has 3 heterocycles. The number of methoxy groups -OCH3 is 1. The molecular formula is C15H16N2O5S. The van der Waals surface area contributed by atoms with E-state index in [1.807, 2.05) is 0 Å².